The SMILES string of the molecule is CCNC(COCC)c1cnn(C)c1. The standard InChI is InChI=1S/C10H19N3O/c1-4-11-10(8-14-5-2)9-6-12-13(3)7-9/h6-7,10-11H,4-5,8H2,1-3H3. The van der Waals surface area contributed by atoms with E-state index in [1.165, 1.54) is 5.56 Å². The highest BCUT2D eigenvalue weighted by molar-refractivity contribution is 5.10. The van der Waals surface area contributed by atoms with Crippen LogP contribution in [0.2, 0.25) is 0 Å². The Hall–Kier alpha value is -0.870. The van der Waals surface area contributed by atoms with Gasteiger partial charge in [0.05, 0.1) is 18.8 Å². The first-order chi connectivity index (χ1) is 6.77. The summed E-state index contributed by atoms with van der Waals surface area (Å²) in [4.78, 5) is 0. The molecule has 14 heavy (non-hydrogen) atoms. The summed E-state index contributed by atoms with van der Waals surface area (Å²) in [5.41, 5.74) is 1.18. The molecule has 1 heterocycles. The van der Waals surface area contributed by atoms with E-state index in [-0.39, 0.29) is 6.04 Å². The summed E-state index contributed by atoms with van der Waals surface area (Å²) < 4.78 is 7.22. The second kappa shape index (κ2) is 5.78. The molecule has 0 saturated carbocycles. The molecule has 0 aromatic carbocycles. The van der Waals surface area contributed by atoms with Gasteiger partial charge in [0.2, 0.25) is 0 Å². The maximum Gasteiger partial charge on any atom is 0.0662 e. The van der Waals surface area contributed by atoms with Crippen molar-refractivity contribution < 1.29 is 4.74 Å². The van der Waals surface area contributed by atoms with Crippen molar-refractivity contribution in [2.75, 3.05) is 19.8 Å². The summed E-state index contributed by atoms with van der Waals surface area (Å²) in [6.07, 6.45) is 3.90. The summed E-state index contributed by atoms with van der Waals surface area (Å²) in [6.45, 7) is 6.49. The third-order valence-corrected chi connectivity index (χ3v) is 2.07. The number of nitrogens with one attached hydrogen (secondary N) is 1. The first kappa shape index (κ1) is 11.2. The van der Waals surface area contributed by atoms with Crippen LogP contribution in [0.3, 0.4) is 0 Å². The molecule has 1 rings (SSSR count). The Labute approximate surface area is 85.3 Å². The van der Waals surface area contributed by atoms with Crippen LogP contribution in [0.5, 0.6) is 0 Å². The lowest BCUT2D eigenvalue weighted by molar-refractivity contribution is 0.123. The van der Waals surface area contributed by atoms with E-state index in [9.17, 15) is 0 Å². The predicted molar refractivity (Wildman–Crippen MR) is 56.1 cm³/mol. The molecule has 0 aliphatic heterocycles. The topological polar surface area (TPSA) is 39.1 Å². The fourth-order valence-electron chi connectivity index (χ4n) is 1.38. The molecule has 1 aromatic rings. The van der Waals surface area contributed by atoms with E-state index < -0.39 is 0 Å². The highest BCUT2D eigenvalue weighted by atomic mass is 16.5. The van der Waals surface area contributed by atoms with E-state index in [1.54, 1.807) is 0 Å². The van der Waals surface area contributed by atoms with E-state index >= 15 is 0 Å². The number of nitrogens with zero attached hydrogens (tertiary/aromatic N) is 2. The molecular formula is C10H19N3O. The van der Waals surface area contributed by atoms with Crippen molar-refractivity contribution in [1.82, 2.24) is 15.1 Å². The van der Waals surface area contributed by atoms with E-state index in [2.05, 4.69) is 17.3 Å². The third-order valence-electron chi connectivity index (χ3n) is 2.07. The van der Waals surface area contributed by atoms with Crippen molar-refractivity contribution in [2.45, 2.75) is 19.9 Å². The van der Waals surface area contributed by atoms with Crippen molar-refractivity contribution >= 4 is 0 Å². The van der Waals surface area contributed by atoms with E-state index in [0.717, 1.165) is 13.2 Å². The van der Waals surface area contributed by atoms with Crippen molar-refractivity contribution in [3.05, 3.63) is 18.0 Å². The molecule has 0 saturated heterocycles. The number of ether oxygens (including phenoxy) is 1. The first-order valence-corrected chi connectivity index (χ1v) is 5.07. The van der Waals surface area contributed by atoms with Crippen LogP contribution >= 0.6 is 0 Å². The molecule has 0 bridgehead atoms. The van der Waals surface area contributed by atoms with Gasteiger partial charge in [-0.15, -0.1) is 0 Å². The van der Waals surface area contributed by atoms with Crippen LogP contribution in [0.15, 0.2) is 12.4 Å². The van der Waals surface area contributed by atoms with Crippen molar-refractivity contribution in [2.24, 2.45) is 7.05 Å². The van der Waals surface area contributed by atoms with E-state index in [4.69, 9.17) is 4.74 Å². The molecule has 1 N–H and O–H groups in total. The molecular weight excluding hydrogens is 178 g/mol. The Bertz CT molecular complexity index is 260. The van der Waals surface area contributed by atoms with Gasteiger partial charge in [-0.3, -0.25) is 4.68 Å². The second-order valence-electron chi connectivity index (χ2n) is 3.22. The summed E-state index contributed by atoms with van der Waals surface area (Å²) in [6, 6.07) is 0.258. The van der Waals surface area contributed by atoms with Gasteiger partial charge in [0.25, 0.3) is 0 Å². The van der Waals surface area contributed by atoms with E-state index in [0.29, 0.717) is 6.61 Å². The van der Waals surface area contributed by atoms with Gasteiger partial charge < -0.3 is 10.1 Å². The van der Waals surface area contributed by atoms with Gasteiger partial charge in [0.1, 0.15) is 0 Å². The van der Waals surface area contributed by atoms with Crippen LogP contribution in [0.4, 0.5) is 0 Å². The lowest BCUT2D eigenvalue weighted by atomic mass is 10.2. The molecule has 0 amide bonds. The Kier molecular flexibility index (Phi) is 4.62. The number of hydrogen-bond donors (Lipinski definition) is 1. The Morgan fingerprint density at radius 1 is 1.57 bits per heavy atom. The van der Waals surface area contributed by atoms with Crippen LogP contribution in [0, 0.1) is 0 Å². The molecule has 0 fully saturated rings. The van der Waals surface area contributed by atoms with Crippen LogP contribution in [-0.4, -0.2) is 29.5 Å². The molecule has 4 heteroatoms. The maximum absolute atomic E-state index is 5.41. The van der Waals surface area contributed by atoms with Gasteiger partial charge in [0, 0.05) is 25.4 Å². The molecule has 4 nitrogen and oxygen atoms in total. The Balaban J connectivity index is 2.57. The highest BCUT2D eigenvalue weighted by Gasteiger charge is 2.11. The normalized spacial score (nSPS) is 13.1. The monoisotopic (exact) mass is 197 g/mol. The zero-order chi connectivity index (χ0) is 10.4. The Morgan fingerprint density at radius 3 is 2.86 bits per heavy atom. The van der Waals surface area contributed by atoms with Crippen LogP contribution in [-0.2, 0) is 11.8 Å². The smallest absolute Gasteiger partial charge is 0.0662 e. The van der Waals surface area contributed by atoms with Crippen molar-refractivity contribution in [3.8, 4) is 0 Å². The second-order valence-corrected chi connectivity index (χ2v) is 3.22. The van der Waals surface area contributed by atoms with Gasteiger partial charge in [-0.25, -0.2) is 0 Å². The van der Waals surface area contributed by atoms with Crippen molar-refractivity contribution in [3.63, 3.8) is 0 Å². The summed E-state index contributed by atoms with van der Waals surface area (Å²) in [5.74, 6) is 0. The molecule has 1 aromatic heterocycles. The summed E-state index contributed by atoms with van der Waals surface area (Å²) >= 11 is 0. The van der Waals surface area contributed by atoms with Gasteiger partial charge >= 0.3 is 0 Å². The summed E-state index contributed by atoms with van der Waals surface area (Å²) in [5, 5.41) is 7.52. The van der Waals surface area contributed by atoms with Crippen LogP contribution < -0.4 is 5.32 Å². The fourth-order valence-corrected chi connectivity index (χ4v) is 1.38. The molecule has 1 unspecified atom stereocenters. The average molecular weight is 197 g/mol. The minimum Gasteiger partial charge on any atom is -0.380 e. The first-order valence-electron chi connectivity index (χ1n) is 5.07. The number of rotatable bonds is 6. The molecule has 80 valence electrons. The number of aromatic nitrogens is 2. The lowest BCUT2D eigenvalue weighted by Crippen LogP contribution is -2.25. The van der Waals surface area contributed by atoms with E-state index in [1.807, 2.05) is 31.0 Å². The molecule has 0 aliphatic carbocycles. The fraction of sp³-hybridized carbons (Fsp3) is 0.700. The zero-order valence-corrected chi connectivity index (χ0v) is 9.16. The largest absolute Gasteiger partial charge is 0.380 e. The molecule has 0 spiro atoms. The van der Waals surface area contributed by atoms with Gasteiger partial charge in [0.15, 0.2) is 0 Å². The Morgan fingerprint density at radius 2 is 2.36 bits per heavy atom. The molecule has 1 atom stereocenters. The minimum absolute atomic E-state index is 0.258. The van der Waals surface area contributed by atoms with Crippen molar-refractivity contribution in [1.29, 1.82) is 0 Å². The molecule has 0 aliphatic rings. The maximum atomic E-state index is 5.41. The predicted octanol–water partition coefficient (Wildman–Crippen LogP) is 1.11. The van der Waals surface area contributed by atoms with Gasteiger partial charge in [-0.1, -0.05) is 6.92 Å². The number of hydrogen-bond acceptors (Lipinski definition) is 3. The minimum atomic E-state index is 0.258. The number of aryl methyl sites for hydroxylation is 1. The van der Waals surface area contributed by atoms with Crippen LogP contribution in [0.25, 0.3) is 0 Å². The summed E-state index contributed by atoms with van der Waals surface area (Å²) in [7, 11) is 1.92. The van der Waals surface area contributed by atoms with Gasteiger partial charge in [-0.2, -0.15) is 5.10 Å². The lowest BCUT2D eigenvalue weighted by Gasteiger charge is -2.15. The average Bonchev–Trinajstić information content (AvgIpc) is 2.59. The third kappa shape index (κ3) is 3.12. The quantitative estimate of drug-likeness (QED) is 0.742. The van der Waals surface area contributed by atoms with Crippen LogP contribution in [0.1, 0.15) is 25.5 Å². The molecule has 0 radical (unpaired) electrons. The zero-order valence-electron chi connectivity index (χ0n) is 9.16. The highest BCUT2D eigenvalue weighted by Crippen LogP contribution is 2.11. The van der Waals surface area contributed by atoms with Gasteiger partial charge in [-0.05, 0) is 13.5 Å². The number of likely N-dealkylation sites (N-methyl/N-ethyl adjacent to an activating group) is 1.